The molecule has 0 aliphatic carbocycles. The van der Waals surface area contributed by atoms with Gasteiger partial charge in [0.05, 0.1) is 0 Å². The van der Waals surface area contributed by atoms with Gasteiger partial charge < -0.3 is 5.32 Å². The zero-order valence-corrected chi connectivity index (χ0v) is 11.6. The average molecular weight is 255 g/mol. The summed E-state index contributed by atoms with van der Waals surface area (Å²) in [5.41, 5.74) is 1.22. The molecular formula is C16H21N3. The maximum Gasteiger partial charge on any atom is 0.0400 e. The van der Waals surface area contributed by atoms with E-state index in [-0.39, 0.29) is 0 Å². The van der Waals surface area contributed by atoms with Crippen LogP contribution < -0.4 is 5.32 Å². The minimum Gasteiger partial charge on any atom is -0.381 e. The maximum absolute atomic E-state index is 4.15. The third-order valence-electron chi connectivity index (χ3n) is 3.96. The standard InChI is InChI=1S/C16H21N3/c1-12(2)19-8-6-16(11-19)18-15-4-3-14-10-17-7-5-13(14)9-15/h3-5,7,9-10,12,16,18H,6,8,11H2,1-2H3/t16-/m1/s1. The highest BCUT2D eigenvalue weighted by atomic mass is 15.2. The van der Waals surface area contributed by atoms with Crippen LogP contribution in [0, 0.1) is 0 Å². The van der Waals surface area contributed by atoms with E-state index in [9.17, 15) is 0 Å². The summed E-state index contributed by atoms with van der Waals surface area (Å²) in [6.45, 7) is 6.88. The molecule has 1 atom stereocenters. The van der Waals surface area contributed by atoms with Gasteiger partial charge in [0.15, 0.2) is 0 Å². The van der Waals surface area contributed by atoms with Gasteiger partial charge >= 0.3 is 0 Å². The molecule has 1 aliphatic rings. The summed E-state index contributed by atoms with van der Waals surface area (Å²) in [6.07, 6.45) is 4.99. The van der Waals surface area contributed by atoms with Crippen molar-refractivity contribution in [3.8, 4) is 0 Å². The lowest BCUT2D eigenvalue weighted by Gasteiger charge is -2.21. The smallest absolute Gasteiger partial charge is 0.0400 e. The minimum absolute atomic E-state index is 0.571. The van der Waals surface area contributed by atoms with E-state index in [1.165, 1.54) is 29.4 Å². The second-order valence-electron chi connectivity index (χ2n) is 5.66. The highest BCUT2D eigenvalue weighted by molar-refractivity contribution is 5.84. The van der Waals surface area contributed by atoms with Crippen LogP contribution in [0.2, 0.25) is 0 Å². The van der Waals surface area contributed by atoms with Crippen molar-refractivity contribution in [2.45, 2.75) is 32.4 Å². The Bertz CT molecular complexity index is 565. The van der Waals surface area contributed by atoms with E-state index in [0.29, 0.717) is 12.1 Å². The number of likely N-dealkylation sites (tertiary alicyclic amines) is 1. The van der Waals surface area contributed by atoms with Crippen molar-refractivity contribution in [3.05, 3.63) is 36.7 Å². The van der Waals surface area contributed by atoms with Crippen molar-refractivity contribution in [1.29, 1.82) is 0 Å². The van der Waals surface area contributed by atoms with Crippen LogP contribution in [0.4, 0.5) is 5.69 Å². The largest absolute Gasteiger partial charge is 0.381 e. The summed E-state index contributed by atoms with van der Waals surface area (Å²) in [5, 5.41) is 6.10. The van der Waals surface area contributed by atoms with Crippen LogP contribution >= 0.6 is 0 Å². The molecule has 100 valence electrons. The molecule has 0 amide bonds. The SMILES string of the molecule is CC(C)N1CC[C@@H](Nc2ccc3cnccc3c2)C1. The zero-order valence-electron chi connectivity index (χ0n) is 11.6. The van der Waals surface area contributed by atoms with Crippen molar-refractivity contribution in [3.63, 3.8) is 0 Å². The number of nitrogens with zero attached hydrogens (tertiary/aromatic N) is 2. The molecule has 1 fully saturated rings. The molecule has 0 saturated carbocycles. The fourth-order valence-corrected chi connectivity index (χ4v) is 2.78. The van der Waals surface area contributed by atoms with Gasteiger partial charge in [-0.2, -0.15) is 0 Å². The summed E-state index contributed by atoms with van der Waals surface area (Å²) in [5.74, 6) is 0. The Balaban J connectivity index is 1.72. The fourth-order valence-electron chi connectivity index (χ4n) is 2.78. The monoisotopic (exact) mass is 255 g/mol. The lowest BCUT2D eigenvalue weighted by molar-refractivity contribution is 0.274. The molecule has 3 rings (SSSR count). The molecule has 3 nitrogen and oxygen atoms in total. The van der Waals surface area contributed by atoms with Crippen molar-refractivity contribution in [2.24, 2.45) is 0 Å². The number of rotatable bonds is 3. The highest BCUT2D eigenvalue weighted by Gasteiger charge is 2.23. The van der Waals surface area contributed by atoms with E-state index in [0.717, 1.165) is 6.54 Å². The van der Waals surface area contributed by atoms with Crippen LogP contribution in [0.25, 0.3) is 10.8 Å². The first kappa shape index (κ1) is 12.4. The second-order valence-corrected chi connectivity index (χ2v) is 5.66. The van der Waals surface area contributed by atoms with Crippen LogP contribution in [0.5, 0.6) is 0 Å². The van der Waals surface area contributed by atoms with Gasteiger partial charge in [0, 0.05) is 48.6 Å². The van der Waals surface area contributed by atoms with Crippen molar-refractivity contribution in [2.75, 3.05) is 18.4 Å². The Morgan fingerprint density at radius 2 is 2.16 bits per heavy atom. The van der Waals surface area contributed by atoms with Gasteiger partial charge in [-0.1, -0.05) is 6.07 Å². The summed E-state index contributed by atoms with van der Waals surface area (Å²) in [4.78, 5) is 6.68. The van der Waals surface area contributed by atoms with Gasteiger partial charge in [0.25, 0.3) is 0 Å². The molecule has 1 aromatic heterocycles. The van der Waals surface area contributed by atoms with E-state index < -0.39 is 0 Å². The molecule has 1 saturated heterocycles. The van der Waals surface area contributed by atoms with Crippen molar-refractivity contribution < 1.29 is 0 Å². The molecule has 1 N–H and O–H groups in total. The lowest BCUT2D eigenvalue weighted by atomic mass is 10.1. The minimum atomic E-state index is 0.571. The molecule has 0 spiro atoms. The summed E-state index contributed by atoms with van der Waals surface area (Å²) in [7, 11) is 0. The number of pyridine rings is 1. The second kappa shape index (κ2) is 5.17. The number of benzene rings is 1. The molecule has 2 heterocycles. The first-order valence-corrected chi connectivity index (χ1v) is 7.07. The van der Waals surface area contributed by atoms with E-state index in [2.05, 4.69) is 53.3 Å². The molecule has 3 heteroatoms. The fraction of sp³-hybridized carbons (Fsp3) is 0.438. The molecule has 19 heavy (non-hydrogen) atoms. The average Bonchev–Trinajstić information content (AvgIpc) is 2.87. The number of hydrogen-bond donors (Lipinski definition) is 1. The molecule has 0 radical (unpaired) electrons. The number of aromatic nitrogens is 1. The van der Waals surface area contributed by atoms with E-state index >= 15 is 0 Å². The van der Waals surface area contributed by atoms with Crippen LogP contribution in [0.1, 0.15) is 20.3 Å². The van der Waals surface area contributed by atoms with Crippen LogP contribution in [-0.2, 0) is 0 Å². The molecular weight excluding hydrogens is 234 g/mol. The van der Waals surface area contributed by atoms with Gasteiger partial charge in [-0.3, -0.25) is 9.88 Å². The molecule has 1 aromatic carbocycles. The third-order valence-corrected chi connectivity index (χ3v) is 3.96. The van der Waals surface area contributed by atoms with Crippen molar-refractivity contribution >= 4 is 16.5 Å². The summed E-state index contributed by atoms with van der Waals surface area (Å²) in [6, 6.07) is 9.79. The highest BCUT2D eigenvalue weighted by Crippen LogP contribution is 2.21. The van der Waals surface area contributed by atoms with Crippen LogP contribution in [0.3, 0.4) is 0 Å². The van der Waals surface area contributed by atoms with Gasteiger partial charge in [-0.25, -0.2) is 0 Å². The zero-order chi connectivity index (χ0) is 13.2. The molecule has 1 aliphatic heterocycles. The van der Waals surface area contributed by atoms with Crippen molar-refractivity contribution in [1.82, 2.24) is 9.88 Å². The molecule has 0 bridgehead atoms. The van der Waals surface area contributed by atoms with E-state index in [1.807, 2.05) is 12.4 Å². The summed E-state index contributed by atoms with van der Waals surface area (Å²) < 4.78 is 0. The van der Waals surface area contributed by atoms with Gasteiger partial charge in [0.1, 0.15) is 0 Å². The number of hydrogen-bond acceptors (Lipinski definition) is 3. The van der Waals surface area contributed by atoms with E-state index in [4.69, 9.17) is 0 Å². The lowest BCUT2D eigenvalue weighted by Crippen LogP contribution is -2.31. The Morgan fingerprint density at radius 3 is 2.95 bits per heavy atom. The number of nitrogens with one attached hydrogen (secondary N) is 1. The van der Waals surface area contributed by atoms with E-state index in [1.54, 1.807) is 0 Å². The first-order valence-electron chi connectivity index (χ1n) is 7.07. The van der Waals surface area contributed by atoms with Gasteiger partial charge in [0.2, 0.25) is 0 Å². The Morgan fingerprint density at radius 1 is 1.26 bits per heavy atom. The third kappa shape index (κ3) is 2.71. The topological polar surface area (TPSA) is 28.2 Å². The number of anilines is 1. The summed E-state index contributed by atoms with van der Waals surface area (Å²) >= 11 is 0. The quantitative estimate of drug-likeness (QED) is 0.913. The van der Waals surface area contributed by atoms with Crippen LogP contribution in [0.15, 0.2) is 36.7 Å². The normalized spacial score (nSPS) is 20.3. The van der Waals surface area contributed by atoms with Crippen LogP contribution in [-0.4, -0.2) is 35.1 Å². The Hall–Kier alpha value is -1.61. The predicted octanol–water partition coefficient (Wildman–Crippen LogP) is 3.13. The molecule has 0 unspecified atom stereocenters. The maximum atomic E-state index is 4.15. The van der Waals surface area contributed by atoms with Gasteiger partial charge in [-0.15, -0.1) is 0 Å². The van der Waals surface area contributed by atoms with Gasteiger partial charge in [-0.05, 0) is 43.9 Å². The Labute approximate surface area is 114 Å². The first-order chi connectivity index (χ1) is 9.22. The molecule has 2 aromatic rings. The number of fused-ring (bicyclic) bond motifs is 1. The predicted molar refractivity (Wildman–Crippen MR) is 80.5 cm³/mol. The Kier molecular flexibility index (Phi) is 3.38.